The third kappa shape index (κ3) is 4.28. The van der Waals surface area contributed by atoms with Crippen molar-refractivity contribution in [1.82, 2.24) is 10.6 Å². The molecule has 0 spiro atoms. The van der Waals surface area contributed by atoms with Crippen molar-refractivity contribution in [1.29, 1.82) is 0 Å². The highest BCUT2D eigenvalue weighted by Crippen LogP contribution is 2.18. The van der Waals surface area contributed by atoms with Crippen LogP contribution in [-0.2, 0) is 4.79 Å². The van der Waals surface area contributed by atoms with Gasteiger partial charge in [-0.15, -0.1) is 0 Å². The van der Waals surface area contributed by atoms with Crippen LogP contribution >= 0.6 is 0 Å². The fourth-order valence-electron chi connectivity index (χ4n) is 2.91. The molecule has 2 saturated carbocycles. The van der Waals surface area contributed by atoms with Crippen molar-refractivity contribution >= 4 is 5.91 Å². The van der Waals surface area contributed by atoms with E-state index in [0.29, 0.717) is 24.7 Å². The van der Waals surface area contributed by atoms with Crippen LogP contribution in [0.4, 0.5) is 0 Å². The zero-order chi connectivity index (χ0) is 12.1. The molecule has 1 amide bonds. The summed E-state index contributed by atoms with van der Waals surface area (Å²) >= 11 is 0. The molecule has 0 aromatic rings. The molecule has 0 unspecified atom stereocenters. The molecule has 2 aliphatic carbocycles. The van der Waals surface area contributed by atoms with Gasteiger partial charge in [-0.3, -0.25) is 4.79 Å². The topological polar surface area (TPSA) is 67.1 Å². The summed E-state index contributed by atoms with van der Waals surface area (Å²) < 4.78 is 0. The van der Waals surface area contributed by atoms with E-state index < -0.39 is 0 Å². The molecule has 98 valence electrons. The zero-order valence-corrected chi connectivity index (χ0v) is 10.6. The normalized spacial score (nSPS) is 30.4. The summed E-state index contributed by atoms with van der Waals surface area (Å²) in [6.07, 6.45) is 9.23. The highest BCUT2D eigenvalue weighted by atomic mass is 16.1. The van der Waals surface area contributed by atoms with Crippen molar-refractivity contribution in [3.8, 4) is 0 Å². The third-order valence-corrected chi connectivity index (χ3v) is 4.04. The van der Waals surface area contributed by atoms with Crippen molar-refractivity contribution in [3.63, 3.8) is 0 Å². The Bertz CT molecular complexity index is 243. The lowest BCUT2D eigenvalue weighted by atomic mass is 9.92. The minimum atomic E-state index is 0.150. The fraction of sp³-hybridized carbons (Fsp3) is 0.923. The van der Waals surface area contributed by atoms with Gasteiger partial charge in [-0.2, -0.15) is 0 Å². The summed E-state index contributed by atoms with van der Waals surface area (Å²) in [5, 5.41) is 6.45. The number of hydrogen-bond acceptors (Lipinski definition) is 3. The Kier molecular flexibility index (Phi) is 4.80. The summed E-state index contributed by atoms with van der Waals surface area (Å²) in [4.78, 5) is 11.7. The molecular formula is C13H25N3O. The second-order valence-electron chi connectivity index (χ2n) is 5.54. The van der Waals surface area contributed by atoms with E-state index in [9.17, 15) is 4.79 Å². The van der Waals surface area contributed by atoms with Crippen molar-refractivity contribution in [2.24, 2.45) is 5.73 Å². The van der Waals surface area contributed by atoms with E-state index in [2.05, 4.69) is 10.6 Å². The van der Waals surface area contributed by atoms with Crippen LogP contribution in [0.2, 0.25) is 0 Å². The number of nitrogens with two attached hydrogens (primary N) is 1. The van der Waals surface area contributed by atoms with Gasteiger partial charge in [-0.05, 0) is 38.5 Å². The first-order valence-electron chi connectivity index (χ1n) is 7.02. The van der Waals surface area contributed by atoms with E-state index in [-0.39, 0.29) is 5.91 Å². The van der Waals surface area contributed by atoms with Gasteiger partial charge < -0.3 is 16.4 Å². The molecule has 2 rings (SSSR count). The van der Waals surface area contributed by atoms with Gasteiger partial charge in [0.25, 0.3) is 0 Å². The van der Waals surface area contributed by atoms with Crippen LogP contribution in [0.25, 0.3) is 0 Å². The second kappa shape index (κ2) is 6.36. The Morgan fingerprint density at radius 1 is 1.00 bits per heavy atom. The fourth-order valence-corrected chi connectivity index (χ4v) is 2.91. The van der Waals surface area contributed by atoms with Crippen molar-refractivity contribution in [3.05, 3.63) is 0 Å². The van der Waals surface area contributed by atoms with Crippen molar-refractivity contribution in [2.75, 3.05) is 6.54 Å². The van der Waals surface area contributed by atoms with Crippen LogP contribution in [0.3, 0.4) is 0 Å². The second-order valence-corrected chi connectivity index (χ2v) is 5.54. The Balaban J connectivity index is 1.60. The monoisotopic (exact) mass is 239 g/mol. The van der Waals surface area contributed by atoms with Gasteiger partial charge in [0.1, 0.15) is 0 Å². The van der Waals surface area contributed by atoms with Crippen LogP contribution in [-0.4, -0.2) is 30.6 Å². The average molecular weight is 239 g/mol. The van der Waals surface area contributed by atoms with E-state index in [1.807, 2.05) is 0 Å². The van der Waals surface area contributed by atoms with E-state index in [1.165, 1.54) is 25.7 Å². The lowest BCUT2D eigenvalue weighted by Gasteiger charge is -2.27. The van der Waals surface area contributed by atoms with Gasteiger partial charge in [0, 0.05) is 18.1 Å². The SMILES string of the molecule is NC1CCC(NC(=O)CNC2CCCC2)CC1. The first-order valence-corrected chi connectivity index (χ1v) is 7.02. The number of nitrogens with one attached hydrogen (secondary N) is 2. The van der Waals surface area contributed by atoms with Crippen LogP contribution in [0.15, 0.2) is 0 Å². The molecule has 2 aliphatic rings. The third-order valence-electron chi connectivity index (χ3n) is 4.04. The standard InChI is InChI=1S/C13H25N3O/c14-10-5-7-12(8-6-10)16-13(17)9-15-11-3-1-2-4-11/h10-12,15H,1-9,14H2,(H,16,17). The van der Waals surface area contributed by atoms with Gasteiger partial charge in [0.15, 0.2) is 0 Å². The molecule has 4 nitrogen and oxygen atoms in total. The summed E-state index contributed by atoms with van der Waals surface area (Å²) in [5.41, 5.74) is 5.84. The first kappa shape index (κ1) is 12.8. The van der Waals surface area contributed by atoms with E-state index in [0.717, 1.165) is 25.7 Å². The number of carbonyl (C=O) groups is 1. The molecule has 4 N–H and O–H groups in total. The largest absolute Gasteiger partial charge is 0.352 e. The van der Waals surface area contributed by atoms with Gasteiger partial charge in [-0.25, -0.2) is 0 Å². The smallest absolute Gasteiger partial charge is 0.234 e. The van der Waals surface area contributed by atoms with Crippen molar-refractivity contribution < 1.29 is 4.79 Å². The zero-order valence-electron chi connectivity index (χ0n) is 10.6. The van der Waals surface area contributed by atoms with E-state index >= 15 is 0 Å². The minimum Gasteiger partial charge on any atom is -0.352 e. The number of hydrogen-bond donors (Lipinski definition) is 3. The van der Waals surface area contributed by atoms with Crippen LogP contribution in [0.5, 0.6) is 0 Å². The maximum atomic E-state index is 11.7. The lowest BCUT2D eigenvalue weighted by Crippen LogP contribution is -2.45. The van der Waals surface area contributed by atoms with Crippen LogP contribution in [0.1, 0.15) is 51.4 Å². The molecule has 0 aliphatic heterocycles. The predicted octanol–water partition coefficient (Wildman–Crippen LogP) is 0.905. The number of carbonyl (C=O) groups excluding carboxylic acids is 1. The number of rotatable bonds is 4. The molecule has 0 saturated heterocycles. The van der Waals surface area contributed by atoms with E-state index in [4.69, 9.17) is 5.73 Å². The quantitative estimate of drug-likeness (QED) is 0.683. The predicted molar refractivity (Wildman–Crippen MR) is 68.6 cm³/mol. The maximum absolute atomic E-state index is 11.7. The average Bonchev–Trinajstić information content (AvgIpc) is 2.83. The molecular weight excluding hydrogens is 214 g/mol. The molecule has 0 bridgehead atoms. The molecule has 0 atom stereocenters. The van der Waals surface area contributed by atoms with Gasteiger partial charge >= 0.3 is 0 Å². The summed E-state index contributed by atoms with van der Waals surface area (Å²) in [6.45, 7) is 0.479. The highest BCUT2D eigenvalue weighted by molar-refractivity contribution is 5.78. The Labute approximate surface area is 104 Å². The Morgan fingerprint density at radius 2 is 1.65 bits per heavy atom. The summed E-state index contributed by atoms with van der Waals surface area (Å²) in [5.74, 6) is 0.150. The molecule has 0 heterocycles. The van der Waals surface area contributed by atoms with Crippen LogP contribution < -0.4 is 16.4 Å². The van der Waals surface area contributed by atoms with Gasteiger partial charge in [0.2, 0.25) is 5.91 Å². The summed E-state index contributed by atoms with van der Waals surface area (Å²) in [6, 6.07) is 1.27. The van der Waals surface area contributed by atoms with Gasteiger partial charge in [0.05, 0.1) is 6.54 Å². The highest BCUT2D eigenvalue weighted by Gasteiger charge is 2.20. The molecule has 0 aromatic heterocycles. The number of amides is 1. The maximum Gasteiger partial charge on any atom is 0.234 e. The minimum absolute atomic E-state index is 0.150. The van der Waals surface area contributed by atoms with E-state index in [1.54, 1.807) is 0 Å². The molecule has 4 heteroatoms. The Hall–Kier alpha value is -0.610. The van der Waals surface area contributed by atoms with Crippen molar-refractivity contribution in [2.45, 2.75) is 69.5 Å². The Morgan fingerprint density at radius 3 is 2.29 bits per heavy atom. The lowest BCUT2D eigenvalue weighted by molar-refractivity contribution is -0.121. The molecule has 2 fully saturated rings. The molecule has 0 aromatic carbocycles. The first-order chi connectivity index (χ1) is 8.24. The molecule has 0 radical (unpaired) electrons. The van der Waals surface area contributed by atoms with Crippen LogP contribution in [0, 0.1) is 0 Å². The molecule has 17 heavy (non-hydrogen) atoms. The van der Waals surface area contributed by atoms with Gasteiger partial charge in [-0.1, -0.05) is 12.8 Å². The summed E-state index contributed by atoms with van der Waals surface area (Å²) in [7, 11) is 0.